The zero-order valence-electron chi connectivity index (χ0n) is 37.9. The molecule has 0 fully saturated rings. The molecule has 0 rings (SSSR count). The van der Waals surface area contributed by atoms with Gasteiger partial charge in [0, 0.05) is 19.3 Å². The quantitative estimate of drug-likeness (QED) is 0.0262. The van der Waals surface area contributed by atoms with Gasteiger partial charge < -0.3 is 28.6 Å². The number of likely N-dealkylation sites (N-methyl/N-ethyl adjacent to an activating group) is 1. The molecule has 8 nitrogen and oxygen atoms in total. The number of ether oxygens (including phenoxy) is 3. The van der Waals surface area contributed by atoms with Crippen LogP contribution in [0.4, 0.5) is 0 Å². The molecule has 0 aromatic heterocycles. The number of hydrogen-bond donors (Lipinski definition) is 0. The highest BCUT2D eigenvalue weighted by Crippen LogP contribution is 2.14. The first-order chi connectivity index (χ1) is 28.1. The van der Waals surface area contributed by atoms with Crippen molar-refractivity contribution < 1.29 is 38.2 Å². The summed E-state index contributed by atoms with van der Waals surface area (Å²) >= 11 is 0. The third kappa shape index (κ3) is 38.5. The molecule has 0 aromatic rings. The summed E-state index contributed by atoms with van der Waals surface area (Å²) in [4.78, 5) is 36.9. The fourth-order valence-electron chi connectivity index (χ4n) is 6.53. The number of allylic oxidation sites excluding steroid dienone is 10. The standard InChI is InChI=1S/C50H87NO7/c1-6-8-10-12-14-16-18-20-22-23-24-25-27-28-30-32-34-36-38-40-48(52)57-45-46(44-56-43-42-47(50(54)55)51(3,4)5)58-49(53)41-39-37-35-33-31-29-26-21-19-17-15-13-11-9-7-2/h9,11,15,17,20-22,26,31,33,46-47H,6-8,10,12-14,16,18-19,23-25,27-30,32,34-45H2,1-5H3/b11-9-,17-15-,22-20-,26-21-,33-31-. The highest BCUT2D eigenvalue weighted by Gasteiger charge is 2.25. The third-order valence-electron chi connectivity index (χ3n) is 10.1. The fourth-order valence-corrected chi connectivity index (χ4v) is 6.53. The molecule has 8 heteroatoms. The SMILES string of the molecule is CC/C=C\C/C=C\C/C=C\C/C=C\CCCCC(=O)OC(COCCC(C(=O)[O-])[N+](C)(C)C)COC(=O)CCCCCCCCCCC/C=C\CCCCCCCC. The molecule has 2 atom stereocenters. The summed E-state index contributed by atoms with van der Waals surface area (Å²) in [6, 6.07) is -0.735. The maximum atomic E-state index is 12.7. The zero-order chi connectivity index (χ0) is 42.8. The van der Waals surface area contributed by atoms with E-state index >= 15 is 0 Å². The number of esters is 2. The van der Waals surface area contributed by atoms with Crippen molar-refractivity contribution in [2.75, 3.05) is 41.0 Å². The van der Waals surface area contributed by atoms with Crippen LogP contribution in [0.2, 0.25) is 0 Å². The van der Waals surface area contributed by atoms with Crippen LogP contribution in [0.15, 0.2) is 60.8 Å². The summed E-state index contributed by atoms with van der Waals surface area (Å²) in [5.41, 5.74) is 0. The minimum Gasteiger partial charge on any atom is -0.544 e. The van der Waals surface area contributed by atoms with Gasteiger partial charge in [0.15, 0.2) is 6.10 Å². The number of nitrogens with zero attached hydrogens (tertiary/aromatic N) is 1. The molecule has 0 heterocycles. The molecular weight excluding hydrogens is 727 g/mol. The monoisotopic (exact) mass is 814 g/mol. The van der Waals surface area contributed by atoms with Gasteiger partial charge in [0.25, 0.3) is 0 Å². The fraction of sp³-hybridized carbons (Fsp3) is 0.740. The largest absolute Gasteiger partial charge is 0.544 e. The van der Waals surface area contributed by atoms with E-state index < -0.39 is 18.1 Å². The van der Waals surface area contributed by atoms with Gasteiger partial charge in [-0.1, -0.05) is 152 Å². The molecule has 0 radical (unpaired) electrons. The molecule has 334 valence electrons. The summed E-state index contributed by atoms with van der Waals surface area (Å²) in [5, 5.41) is 11.6. The molecule has 2 unspecified atom stereocenters. The van der Waals surface area contributed by atoms with Gasteiger partial charge in [0.1, 0.15) is 12.6 Å². The van der Waals surface area contributed by atoms with E-state index in [0.29, 0.717) is 12.8 Å². The predicted molar refractivity (Wildman–Crippen MR) is 240 cm³/mol. The second kappa shape index (κ2) is 40.8. The van der Waals surface area contributed by atoms with Gasteiger partial charge in [-0.15, -0.1) is 0 Å². The van der Waals surface area contributed by atoms with Crippen LogP contribution in [0.3, 0.4) is 0 Å². The molecular formula is C50H87NO7. The number of quaternary nitrogens is 1. The van der Waals surface area contributed by atoms with Crippen molar-refractivity contribution in [3.05, 3.63) is 60.8 Å². The Labute approximate surface area is 356 Å². The number of aliphatic carboxylic acids is 1. The number of hydrogen-bond acceptors (Lipinski definition) is 7. The van der Waals surface area contributed by atoms with E-state index in [2.05, 4.69) is 74.6 Å². The van der Waals surface area contributed by atoms with Crippen molar-refractivity contribution in [3.8, 4) is 0 Å². The van der Waals surface area contributed by atoms with Crippen molar-refractivity contribution in [2.45, 2.75) is 199 Å². The average Bonchev–Trinajstić information content (AvgIpc) is 3.18. The van der Waals surface area contributed by atoms with Crippen LogP contribution in [0.25, 0.3) is 0 Å². The van der Waals surface area contributed by atoms with Crippen LogP contribution < -0.4 is 5.11 Å². The van der Waals surface area contributed by atoms with Crippen molar-refractivity contribution in [3.63, 3.8) is 0 Å². The topological polar surface area (TPSA) is 102 Å². The van der Waals surface area contributed by atoms with Crippen LogP contribution in [0.1, 0.15) is 187 Å². The van der Waals surface area contributed by atoms with E-state index in [1.165, 1.54) is 89.9 Å². The van der Waals surface area contributed by atoms with Gasteiger partial charge in [-0.3, -0.25) is 9.59 Å². The number of rotatable bonds is 41. The Morgan fingerprint density at radius 3 is 1.48 bits per heavy atom. The lowest BCUT2D eigenvalue weighted by atomic mass is 10.1. The molecule has 0 spiro atoms. The highest BCUT2D eigenvalue weighted by atomic mass is 16.6. The highest BCUT2D eigenvalue weighted by molar-refractivity contribution is 5.70. The van der Waals surface area contributed by atoms with Crippen LogP contribution in [-0.2, 0) is 28.6 Å². The first-order valence-electron chi connectivity index (χ1n) is 23.3. The molecule has 0 N–H and O–H groups in total. The molecule has 0 aromatic carbocycles. The Morgan fingerprint density at radius 1 is 0.534 bits per heavy atom. The van der Waals surface area contributed by atoms with Gasteiger partial charge in [0.05, 0.1) is 40.3 Å². The van der Waals surface area contributed by atoms with Crippen molar-refractivity contribution >= 4 is 17.9 Å². The second-order valence-electron chi connectivity index (χ2n) is 16.6. The van der Waals surface area contributed by atoms with E-state index in [4.69, 9.17) is 14.2 Å². The molecule has 0 saturated heterocycles. The van der Waals surface area contributed by atoms with E-state index in [1.54, 1.807) is 21.1 Å². The van der Waals surface area contributed by atoms with Crippen LogP contribution in [-0.4, -0.2) is 75.5 Å². The molecule has 0 aliphatic carbocycles. The number of carbonyl (C=O) groups is 3. The Hall–Kier alpha value is -2.97. The summed E-state index contributed by atoms with van der Waals surface area (Å²) in [5.74, 6) is -1.79. The summed E-state index contributed by atoms with van der Waals surface area (Å²) in [6.45, 7) is 4.50. The van der Waals surface area contributed by atoms with Gasteiger partial charge in [-0.2, -0.15) is 0 Å². The predicted octanol–water partition coefficient (Wildman–Crippen LogP) is 11.6. The number of carboxylic acids is 1. The molecule has 0 bridgehead atoms. The lowest BCUT2D eigenvalue weighted by Crippen LogP contribution is -2.55. The Kier molecular flexibility index (Phi) is 38.7. The molecule has 0 aliphatic heterocycles. The van der Waals surface area contributed by atoms with E-state index in [9.17, 15) is 19.5 Å². The Balaban J connectivity index is 4.35. The van der Waals surface area contributed by atoms with E-state index in [0.717, 1.165) is 57.8 Å². The molecule has 0 amide bonds. The number of carbonyl (C=O) groups excluding carboxylic acids is 3. The van der Waals surface area contributed by atoms with Crippen molar-refractivity contribution in [2.24, 2.45) is 0 Å². The average molecular weight is 814 g/mol. The summed E-state index contributed by atoms with van der Waals surface area (Å²) in [7, 11) is 5.39. The summed E-state index contributed by atoms with van der Waals surface area (Å²) < 4.78 is 17.1. The summed E-state index contributed by atoms with van der Waals surface area (Å²) in [6.07, 6.45) is 49.6. The Bertz CT molecular complexity index is 1130. The zero-order valence-corrected chi connectivity index (χ0v) is 37.9. The minimum absolute atomic E-state index is 0.0217. The number of carboxylic acid groups (broad SMARTS) is 1. The van der Waals surface area contributed by atoms with Gasteiger partial charge in [0.2, 0.25) is 0 Å². The van der Waals surface area contributed by atoms with Crippen LogP contribution >= 0.6 is 0 Å². The first kappa shape index (κ1) is 55.0. The van der Waals surface area contributed by atoms with Gasteiger partial charge in [-0.25, -0.2) is 0 Å². The second-order valence-corrected chi connectivity index (χ2v) is 16.6. The molecule has 0 saturated carbocycles. The third-order valence-corrected chi connectivity index (χ3v) is 10.1. The van der Waals surface area contributed by atoms with Crippen molar-refractivity contribution in [1.82, 2.24) is 0 Å². The van der Waals surface area contributed by atoms with Crippen molar-refractivity contribution in [1.29, 1.82) is 0 Å². The number of unbranched alkanes of at least 4 members (excludes halogenated alkanes) is 17. The smallest absolute Gasteiger partial charge is 0.306 e. The van der Waals surface area contributed by atoms with Crippen LogP contribution in [0, 0.1) is 0 Å². The maximum absolute atomic E-state index is 12.7. The molecule has 58 heavy (non-hydrogen) atoms. The maximum Gasteiger partial charge on any atom is 0.306 e. The molecule has 0 aliphatic rings. The van der Waals surface area contributed by atoms with Crippen LogP contribution in [0.5, 0.6) is 0 Å². The first-order valence-corrected chi connectivity index (χ1v) is 23.3. The normalized spacial score (nSPS) is 13.5. The van der Waals surface area contributed by atoms with E-state index in [-0.39, 0.29) is 49.1 Å². The Morgan fingerprint density at radius 2 is 0.966 bits per heavy atom. The lowest BCUT2D eigenvalue weighted by Gasteiger charge is -2.34. The van der Waals surface area contributed by atoms with Gasteiger partial charge in [-0.05, 0) is 77.0 Å². The van der Waals surface area contributed by atoms with E-state index in [1.807, 2.05) is 0 Å². The van der Waals surface area contributed by atoms with Gasteiger partial charge >= 0.3 is 11.9 Å². The lowest BCUT2D eigenvalue weighted by molar-refractivity contribution is -0.889. The minimum atomic E-state index is -1.13.